The first-order valence-electron chi connectivity index (χ1n) is 15.4. The summed E-state index contributed by atoms with van der Waals surface area (Å²) in [7, 11) is 5.05. The summed E-state index contributed by atoms with van der Waals surface area (Å²) >= 11 is 0. The molecule has 10 nitrogen and oxygen atoms in total. The summed E-state index contributed by atoms with van der Waals surface area (Å²) in [6, 6.07) is 6.89. The van der Waals surface area contributed by atoms with Gasteiger partial charge in [-0.15, -0.1) is 0 Å². The lowest BCUT2D eigenvalue weighted by Gasteiger charge is -2.70. The van der Waals surface area contributed by atoms with E-state index < -0.39 is 34.3 Å². The Morgan fingerprint density at radius 2 is 1.83 bits per heavy atom. The van der Waals surface area contributed by atoms with Crippen molar-refractivity contribution in [2.75, 3.05) is 39.7 Å². The summed E-state index contributed by atoms with van der Waals surface area (Å²) in [6.45, 7) is 4.79. The number of nitrogens with one attached hydrogen (secondary N) is 1. The van der Waals surface area contributed by atoms with Crippen LogP contribution >= 0.6 is 0 Å². The van der Waals surface area contributed by atoms with Gasteiger partial charge in [0.05, 0.1) is 29.6 Å². The second-order valence-corrected chi connectivity index (χ2v) is 13.7. The Kier molecular flexibility index (Phi) is 6.46. The Morgan fingerprint density at radius 1 is 1.07 bits per heavy atom. The first-order chi connectivity index (χ1) is 20.1. The molecule has 0 aromatic heterocycles. The predicted octanol–water partition coefficient (Wildman–Crippen LogP) is 2.22. The molecule has 5 aliphatic carbocycles. The van der Waals surface area contributed by atoms with Crippen molar-refractivity contribution in [2.45, 2.75) is 87.1 Å². The maximum Gasteiger partial charge on any atom is 0.340 e. The second-order valence-electron chi connectivity index (χ2n) is 13.7. The van der Waals surface area contributed by atoms with Crippen molar-refractivity contribution in [2.24, 2.45) is 29.1 Å². The zero-order valence-electron chi connectivity index (χ0n) is 25.2. The number of methoxy groups -OCH3 is 3. The molecule has 7 bridgehead atoms. The molecule has 1 aliphatic heterocycles. The number of carbonyl (C=O) groups is 2. The molecule has 1 unspecified atom stereocenters. The number of likely N-dealkylation sites (N-methyl/N-ethyl adjacent to an activating group) is 1. The molecular formula is C32H44N2O8. The van der Waals surface area contributed by atoms with Gasteiger partial charge in [-0.3, -0.25) is 9.69 Å². The summed E-state index contributed by atoms with van der Waals surface area (Å²) in [5, 5.41) is 28.4. The van der Waals surface area contributed by atoms with Crippen molar-refractivity contribution in [1.82, 2.24) is 4.90 Å². The fourth-order valence-electron chi connectivity index (χ4n) is 11.6. The van der Waals surface area contributed by atoms with Crippen LogP contribution in [-0.4, -0.2) is 103 Å². The van der Waals surface area contributed by atoms with E-state index in [4.69, 9.17) is 18.9 Å². The molecule has 10 heteroatoms. The predicted molar refractivity (Wildman–Crippen MR) is 152 cm³/mol. The molecular weight excluding hydrogens is 540 g/mol. The summed E-state index contributed by atoms with van der Waals surface area (Å²) in [6.07, 6.45) is 1.91. The molecule has 12 atom stereocenters. The van der Waals surface area contributed by atoms with Crippen LogP contribution in [-0.2, 0) is 23.7 Å². The minimum absolute atomic E-state index is 0.0432. The quantitative estimate of drug-likeness (QED) is 0.414. The van der Waals surface area contributed by atoms with Gasteiger partial charge in [-0.05, 0) is 44.4 Å². The molecule has 7 rings (SSSR count). The lowest BCUT2D eigenvalue weighted by atomic mass is 9.44. The van der Waals surface area contributed by atoms with Crippen molar-refractivity contribution in [3.8, 4) is 0 Å². The number of esters is 1. The Balaban J connectivity index is 1.38. The van der Waals surface area contributed by atoms with Crippen LogP contribution in [0.4, 0.5) is 5.69 Å². The number of amides is 1. The lowest BCUT2D eigenvalue weighted by Crippen LogP contribution is -2.83. The van der Waals surface area contributed by atoms with Gasteiger partial charge in [-0.1, -0.05) is 19.1 Å². The first kappa shape index (κ1) is 28.7. The van der Waals surface area contributed by atoms with Crippen LogP contribution < -0.4 is 5.32 Å². The van der Waals surface area contributed by atoms with Gasteiger partial charge in [0.1, 0.15) is 16.8 Å². The van der Waals surface area contributed by atoms with E-state index in [0.29, 0.717) is 56.4 Å². The molecule has 3 N–H and O–H groups in total. The zero-order chi connectivity index (χ0) is 29.8. The van der Waals surface area contributed by atoms with E-state index in [1.165, 1.54) is 6.92 Å². The minimum atomic E-state index is -1.48. The SMILES string of the molecule is CCN1C[C@]2(OC(=O)c3ccccc3NC(C)=O)CC[C@@H](OC)[C@]34C1[C@@H](C[C@H]23)[C@@]1(O)C[C@H](OC)[C@H]2C[C@H]4[C@]1(O)[C@H]2OC. The number of hydrogen-bond donors (Lipinski definition) is 3. The zero-order valence-corrected chi connectivity index (χ0v) is 25.2. The molecule has 6 aliphatic rings. The highest BCUT2D eigenvalue weighted by Crippen LogP contribution is 2.79. The van der Waals surface area contributed by atoms with Crippen molar-refractivity contribution in [3.05, 3.63) is 29.8 Å². The molecule has 5 saturated carbocycles. The molecule has 42 heavy (non-hydrogen) atoms. The normalized spacial score (nSPS) is 48.2. The van der Waals surface area contributed by atoms with Crippen molar-refractivity contribution in [3.63, 3.8) is 0 Å². The third kappa shape index (κ3) is 3.21. The number of nitrogens with zero attached hydrogens (tertiary/aromatic N) is 1. The van der Waals surface area contributed by atoms with E-state index in [0.717, 1.165) is 0 Å². The lowest BCUT2D eigenvalue weighted by molar-refractivity contribution is -0.337. The smallest absolute Gasteiger partial charge is 0.340 e. The third-order valence-electron chi connectivity index (χ3n) is 12.6. The van der Waals surface area contributed by atoms with Gasteiger partial charge >= 0.3 is 5.97 Å². The Bertz CT molecular complexity index is 1290. The molecule has 6 fully saturated rings. The maximum atomic E-state index is 14.0. The fraction of sp³-hybridized carbons (Fsp3) is 0.750. The van der Waals surface area contributed by atoms with Crippen LogP contribution in [0.3, 0.4) is 0 Å². The van der Waals surface area contributed by atoms with Gasteiger partial charge in [0, 0.05) is 76.3 Å². The van der Waals surface area contributed by atoms with Crippen LogP contribution in [0.5, 0.6) is 0 Å². The van der Waals surface area contributed by atoms with Gasteiger partial charge in [0.25, 0.3) is 0 Å². The topological polar surface area (TPSA) is 127 Å². The number of piperidine rings is 1. The Hall–Kier alpha value is -2.08. The van der Waals surface area contributed by atoms with Crippen LogP contribution in [0.25, 0.3) is 0 Å². The van der Waals surface area contributed by atoms with Gasteiger partial charge < -0.3 is 34.5 Å². The molecule has 1 saturated heterocycles. The van der Waals surface area contributed by atoms with Gasteiger partial charge in [-0.2, -0.15) is 0 Å². The largest absolute Gasteiger partial charge is 0.454 e. The van der Waals surface area contributed by atoms with Crippen LogP contribution in [0.1, 0.15) is 56.3 Å². The summed E-state index contributed by atoms with van der Waals surface area (Å²) < 4.78 is 25.1. The van der Waals surface area contributed by atoms with Crippen molar-refractivity contribution >= 4 is 17.6 Å². The molecule has 230 valence electrons. The standard InChI is InChI=1S/C32H44N2O8/c1-6-34-16-29(42-28(36)18-9-7-8-10-21(18)33-17(2)35)12-11-25(40-4)31-23(29)14-20(26(31)34)30(37)15-22(39-3)19-13-24(31)32(30,38)27(19)41-5/h7-10,19-20,22-27,37-38H,6,11-16H2,1-5H3,(H,33,35)/t19-,20-,22+,23-,24-,25-,26?,27+,29-,30+,31+,32+/m1/s1. The third-order valence-corrected chi connectivity index (χ3v) is 12.6. The maximum absolute atomic E-state index is 14.0. The van der Waals surface area contributed by atoms with E-state index in [-0.39, 0.29) is 47.8 Å². The monoisotopic (exact) mass is 584 g/mol. The van der Waals surface area contributed by atoms with E-state index in [1.54, 1.807) is 45.6 Å². The molecule has 1 aromatic carbocycles. The Morgan fingerprint density at radius 3 is 2.50 bits per heavy atom. The van der Waals surface area contributed by atoms with E-state index >= 15 is 0 Å². The number of aliphatic hydroxyl groups is 2. The number of hydrogen-bond acceptors (Lipinski definition) is 9. The highest BCUT2D eigenvalue weighted by molar-refractivity contribution is 6.00. The summed E-state index contributed by atoms with van der Waals surface area (Å²) in [4.78, 5) is 28.3. The first-order valence-corrected chi connectivity index (χ1v) is 15.4. The molecule has 1 amide bonds. The van der Waals surface area contributed by atoms with Crippen molar-refractivity contribution < 1.29 is 38.7 Å². The minimum Gasteiger partial charge on any atom is -0.454 e. The number of carbonyl (C=O) groups excluding carboxylic acids is 2. The number of ether oxygens (including phenoxy) is 4. The highest BCUT2D eigenvalue weighted by Gasteiger charge is 2.89. The van der Waals surface area contributed by atoms with E-state index in [1.807, 2.05) is 0 Å². The summed E-state index contributed by atoms with van der Waals surface area (Å²) in [5.41, 5.74) is -3.57. The highest BCUT2D eigenvalue weighted by atomic mass is 16.6. The number of likely N-dealkylation sites (tertiary alicyclic amines) is 1. The molecule has 0 radical (unpaired) electrons. The van der Waals surface area contributed by atoms with Crippen LogP contribution in [0.15, 0.2) is 24.3 Å². The Labute approximate surface area is 247 Å². The van der Waals surface area contributed by atoms with E-state index in [2.05, 4.69) is 17.1 Å². The summed E-state index contributed by atoms with van der Waals surface area (Å²) in [5.74, 6) is -1.54. The average Bonchev–Trinajstić information content (AvgIpc) is 3.39. The molecule has 1 heterocycles. The number of para-hydroxylation sites is 1. The second kappa shape index (κ2) is 9.46. The fourth-order valence-corrected chi connectivity index (χ4v) is 11.6. The molecule has 1 aromatic rings. The van der Waals surface area contributed by atoms with Crippen molar-refractivity contribution in [1.29, 1.82) is 0 Å². The number of benzene rings is 1. The van der Waals surface area contributed by atoms with Gasteiger partial charge in [0.2, 0.25) is 5.91 Å². The van der Waals surface area contributed by atoms with Crippen LogP contribution in [0.2, 0.25) is 0 Å². The number of rotatable bonds is 7. The van der Waals surface area contributed by atoms with Gasteiger partial charge in [-0.25, -0.2) is 4.79 Å². The average molecular weight is 585 g/mol. The van der Waals surface area contributed by atoms with E-state index in [9.17, 15) is 19.8 Å². The van der Waals surface area contributed by atoms with Gasteiger partial charge in [0.15, 0.2) is 0 Å². The number of anilines is 1. The molecule has 1 spiro atoms. The van der Waals surface area contributed by atoms with Crippen LogP contribution in [0, 0.1) is 29.1 Å². The number of fused-ring (bicyclic) bond motifs is 2.